The van der Waals surface area contributed by atoms with E-state index >= 15 is 0 Å². The summed E-state index contributed by atoms with van der Waals surface area (Å²) in [7, 11) is -2.27. The topological polar surface area (TPSA) is 81.4 Å². The van der Waals surface area contributed by atoms with E-state index in [0.717, 1.165) is 10.9 Å². The molecule has 3 aromatic rings. The second-order valence-corrected chi connectivity index (χ2v) is 9.07. The number of anilines is 1. The lowest BCUT2D eigenvalue weighted by Crippen LogP contribution is -2.15. The van der Waals surface area contributed by atoms with Crippen LogP contribution in [0.1, 0.15) is 20.3 Å². The minimum absolute atomic E-state index is 0.0236. The molecule has 0 bridgehead atoms. The van der Waals surface area contributed by atoms with Crippen molar-refractivity contribution in [3.63, 3.8) is 0 Å². The highest BCUT2D eigenvalue weighted by atomic mass is 79.9. The average Bonchev–Trinajstić information content (AvgIpc) is 3.13. The molecule has 0 radical (unpaired) electrons. The monoisotopic (exact) mass is 464 g/mol. The lowest BCUT2D eigenvalue weighted by Gasteiger charge is -2.11. The van der Waals surface area contributed by atoms with Crippen molar-refractivity contribution in [2.75, 3.05) is 12.4 Å². The Kier molecular flexibility index (Phi) is 6.10. The largest absolute Gasteiger partial charge is 0.497 e. The maximum Gasteiger partial charge on any atom is 0.234 e. The van der Waals surface area contributed by atoms with E-state index in [0.29, 0.717) is 11.3 Å². The molecule has 148 valence electrons. The van der Waals surface area contributed by atoms with E-state index in [1.165, 1.54) is 12.1 Å². The molecule has 0 amide bonds. The zero-order valence-corrected chi connectivity index (χ0v) is 18.2. The molecule has 0 saturated heterocycles. The molecule has 1 heterocycles. The number of aromatic nitrogens is 1. The van der Waals surface area contributed by atoms with Crippen molar-refractivity contribution >= 4 is 31.7 Å². The smallest absolute Gasteiger partial charge is 0.234 e. The molecule has 0 spiro atoms. The highest BCUT2D eigenvalue weighted by Gasteiger charge is 2.29. The Morgan fingerprint density at radius 1 is 1.14 bits per heavy atom. The zero-order valence-electron chi connectivity index (χ0n) is 15.8. The van der Waals surface area contributed by atoms with Gasteiger partial charge in [0.1, 0.15) is 5.75 Å². The number of oxazole rings is 1. The van der Waals surface area contributed by atoms with Gasteiger partial charge in [-0.25, -0.2) is 8.42 Å². The number of hydrogen-bond donors (Lipinski definition) is 1. The molecular weight excluding hydrogens is 444 g/mol. The first-order valence-electron chi connectivity index (χ1n) is 8.77. The van der Waals surface area contributed by atoms with Gasteiger partial charge < -0.3 is 14.5 Å². The Balaban J connectivity index is 2.09. The predicted octanol–water partition coefficient (Wildman–Crippen LogP) is 5.16. The van der Waals surface area contributed by atoms with E-state index < -0.39 is 9.84 Å². The first-order chi connectivity index (χ1) is 13.3. The Morgan fingerprint density at radius 3 is 2.36 bits per heavy atom. The van der Waals surface area contributed by atoms with Crippen LogP contribution in [0.4, 0.5) is 5.88 Å². The fourth-order valence-electron chi connectivity index (χ4n) is 2.49. The summed E-state index contributed by atoms with van der Waals surface area (Å²) < 4.78 is 38.1. The van der Waals surface area contributed by atoms with Crippen molar-refractivity contribution in [1.29, 1.82) is 0 Å². The van der Waals surface area contributed by atoms with Gasteiger partial charge in [0.05, 0.1) is 12.0 Å². The van der Waals surface area contributed by atoms with Crippen molar-refractivity contribution in [2.24, 2.45) is 0 Å². The number of hydrogen-bond acceptors (Lipinski definition) is 6. The third-order valence-electron chi connectivity index (χ3n) is 4.30. The Labute approximate surface area is 173 Å². The van der Waals surface area contributed by atoms with Crippen LogP contribution in [0.25, 0.3) is 11.5 Å². The zero-order chi connectivity index (χ0) is 20.3. The number of nitrogens with one attached hydrogen (secondary N) is 1. The summed E-state index contributed by atoms with van der Waals surface area (Å²) in [4.78, 5) is 4.47. The summed E-state index contributed by atoms with van der Waals surface area (Å²) in [6, 6.07) is 13.5. The Bertz CT molecular complexity index is 1040. The molecular formula is C20H21BrN2O4S. The summed E-state index contributed by atoms with van der Waals surface area (Å²) in [6.07, 6.45) is 0.802. The van der Waals surface area contributed by atoms with Gasteiger partial charge in [-0.3, -0.25) is 0 Å². The third kappa shape index (κ3) is 4.23. The third-order valence-corrected chi connectivity index (χ3v) is 6.51. The molecule has 0 fully saturated rings. The van der Waals surface area contributed by atoms with Crippen LogP contribution in [-0.4, -0.2) is 26.6 Å². The second kappa shape index (κ2) is 8.36. The summed E-state index contributed by atoms with van der Waals surface area (Å²) in [6.45, 7) is 3.95. The molecule has 0 aliphatic carbocycles. The van der Waals surface area contributed by atoms with Gasteiger partial charge in [-0.1, -0.05) is 22.9 Å². The van der Waals surface area contributed by atoms with Crippen LogP contribution in [-0.2, 0) is 9.84 Å². The first kappa shape index (κ1) is 20.4. The average molecular weight is 465 g/mol. The summed E-state index contributed by atoms with van der Waals surface area (Å²) >= 11 is 3.32. The molecule has 3 rings (SSSR count). The molecule has 8 heteroatoms. The second-order valence-electron chi connectivity index (χ2n) is 6.29. The van der Waals surface area contributed by atoms with Gasteiger partial charge in [-0.05, 0) is 61.9 Å². The number of methoxy groups -OCH3 is 1. The summed E-state index contributed by atoms with van der Waals surface area (Å²) in [5.74, 6) is 1.06. The lowest BCUT2D eigenvalue weighted by molar-refractivity contribution is 0.415. The van der Waals surface area contributed by atoms with Gasteiger partial charge in [0.15, 0.2) is 0 Å². The van der Waals surface area contributed by atoms with Crippen molar-refractivity contribution < 1.29 is 17.6 Å². The van der Waals surface area contributed by atoms with Gasteiger partial charge >= 0.3 is 0 Å². The number of halogens is 1. The quantitative estimate of drug-likeness (QED) is 0.520. The van der Waals surface area contributed by atoms with Crippen LogP contribution in [0, 0.1) is 0 Å². The van der Waals surface area contributed by atoms with Crippen LogP contribution in [0.5, 0.6) is 5.75 Å². The van der Waals surface area contributed by atoms with Crippen molar-refractivity contribution in [1.82, 2.24) is 4.98 Å². The predicted molar refractivity (Wildman–Crippen MR) is 111 cm³/mol. The number of ether oxygens (including phenoxy) is 1. The van der Waals surface area contributed by atoms with Crippen LogP contribution < -0.4 is 10.1 Å². The molecule has 2 aromatic carbocycles. The molecule has 0 aliphatic rings. The van der Waals surface area contributed by atoms with Crippen molar-refractivity contribution in [3.05, 3.63) is 53.0 Å². The lowest BCUT2D eigenvalue weighted by atomic mass is 10.2. The fraction of sp³-hybridized carbons (Fsp3) is 0.250. The minimum atomic E-state index is -3.85. The summed E-state index contributed by atoms with van der Waals surface area (Å²) in [5, 5.41) is 2.99. The molecule has 1 N–H and O–H groups in total. The Hall–Kier alpha value is -2.32. The fourth-order valence-corrected chi connectivity index (χ4v) is 4.02. The summed E-state index contributed by atoms with van der Waals surface area (Å²) in [5.41, 5.74) is 0.658. The van der Waals surface area contributed by atoms with Gasteiger partial charge in [0.25, 0.3) is 0 Å². The van der Waals surface area contributed by atoms with E-state index in [1.807, 2.05) is 13.8 Å². The van der Waals surface area contributed by atoms with Crippen LogP contribution in [0.15, 0.2) is 67.3 Å². The van der Waals surface area contributed by atoms with E-state index in [4.69, 9.17) is 9.15 Å². The molecule has 0 aliphatic heterocycles. The van der Waals surface area contributed by atoms with Crippen molar-refractivity contribution in [3.8, 4) is 17.2 Å². The minimum Gasteiger partial charge on any atom is -0.497 e. The molecule has 1 unspecified atom stereocenters. The van der Waals surface area contributed by atoms with E-state index in [9.17, 15) is 8.42 Å². The van der Waals surface area contributed by atoms with Crippen LogP contribution >= 0.6 is 15.9 Å². The highest BCUT2D eigenvalue weighted by Crippen LogP contribution is 2.33. The Morgan fingerprint density at radius 2 is 1.79 bits per heavy atom. The first-order valence-corrected chi connectivity index (χ1v) is 11.0. The molecule has 1 atom stereocenters. The maximum atomic E-state index is 13.2. The van der Waals surface area contributed by atoms with Gasteiger partial charge in [0.2, 0.25) is 26.6 Å². The number of nitrogens with zero attached hydrogens (tertiary/aromatic N) is 1. The van der Waals surface area contributed by atoms with Gasteiger partial charge in [0, 0.05) is 16.1 Å². The van der Waals surface area contributed by atoms with Crippen molar-refractivity contribution in [2.45, 2.75) is 36.2 Å². The normalized spacial score (nSPS) is 12.6. The van der Waals surface area contributed by atoms with E-state index in [1.54, 1.807) is 43.5 Å². The SMILES string of the molecule is CCC(C)Nc1oc(-c2ccc(OC)cc2)nc1S(=O)(=O)c1ccc(Br)cc1. The number of benzene rings is 2. The molecule has 28 heavy (non-hydrogen) atoms. The van der Waals surface area contributed by atoms with Crippen LogP contribution in [0.3, 0.4) is 0 Å². The standard InChI is InChI=1S/C20H21BrN2O4S/c1-4-13(2)22-19-20(28(24,25)17-11-7-15(21)8-12-17)23-18(27-19)14-5-9-16(26-3)10-6-14/h5-13,22H,4H2,1-3H3. The number of sulfone groups is 1. The molecule has 1 aromatic heterocycles. The van der Waals surface area contributed by atoms with Gasteiger partial charge in [-0.15, -0.1) is 0 Å². The van der Waals surface area contributed by atoms with E-state index in [2.05, 4.69) is 26.2 Å². The maximum absolute atomic E-state index is 13.2. The van der Waals surface area contributed by atoms with Crippen LogP contribution in [0.2, 0.25) is 0 Å². The van der Waals surface area contributed by atoms with E-state index in [-0.39, 0.29) is 27.7 Å². The number of rotatable bonds is 7. The van der Waals surface area contributed by atoms with Gasteiger partial charge in [-0.2, -0.15) is 4.98 Å². The molecule has 0 saturated carbocycles. The highest BCUT2D eigenvalue weighted by molar-refractivity contribution is 9.10. The molecule has 6 nitrogen and oxygen atoms in total.